The van der Waals surface area contributed by atoms with E-state index in [4.69, 9.17) is 5.73 Å². The van der Waals surface area contributed by atoms with E-state index in [9.17, 15) is 4.79 Å². The monoisotopic (exact) mass is 311 g/mol. The molecule has 3 rings (SSSR count). The second-order valence-electron chi connectivity index (χ2n) is 6.54. The van der Waals surface area contributed by atoms with Crippen molar-refractivity contribution in [3.05, 3.63) is 52.8 Å². The minimum absolute atomic E-state index is 0.129. The number of aromatic nitrogens is 1. The number of piperidine rings is 1. The number of carbonyl (C=O) groups excluding carboxylic acids is 1. The number of aryl methyl sites for hydroxylation is 2. The van der Waals surface area contributed by atoms with E-state index in [-0.39, 0.29) is 11.9 Å². The fraction of sp³-hybridized carbons (Fsp3) is 0.421. The van der Waals surface area contributed by atoms with Crippen molar-refractivity contribution in [2.24, 2.45) is 5.73 Å². The van der Waals surface area contributed by atoms with Crippen molar-refractivity contribution in [1.82, 2.24) is 9.47 Å². The van der Waals surface area contributed by atoms with Crippen molar-refractivity contribution in [3.63, 3.8) is 0 Å². The molecule has 4 heteroatoms. The minimum atomic E-state index is 0.129. The Labute approximate surface area is 137 Å². The van der Waals surface area contributed by atoms with E-state index in [1.54, 1.807) is 0 Å². The summed E-state index contributed by atoms with van der Waals surface area (Å²) in [6.45, 7) is 7.70. The summed E-state index contributed by atoms with van der Waals surface area (Å²) in [5.41, 5.74) is 11.2. The molecule has 2 heterocycles. The molecular formula is C19H25N3O. The van der Waals surface area contributed by atoms with Gasteiger partial charge in [-0.1, -0.05) is 18.2 Å². The summed E-state index contributed by atoms with van der Waals surface area (Å²) in [7, 11) is 0. The first kappa shape index (κ1) is 15.8. The van der Waals surface area contributed by atoms with Gasteiger partial charge in [-0.25, -0.2) is 0 Å². The van der Waals surface area contributed by atoms with E-state index in [0.717, 1.165) is 48.6 Å². The van der Waals surface area contributed by atoms with E-state index >= 15 is 0 Å². The molecule has 0 saturated carbocycles. The third-order valence-electron chi connectivity index (χ3n) is 4.84. The van der Waals surface area contributed by atoms with Crippen LogP contribution in [0.3, 0.4) is 0 Å². The van der Waals surface area contributed by atoms with Crippen LogP contribution < -0.4 is 5.73 Å². The minimum Gasteiger partial charge on any atom is -0.338 e. The maximum absolute atomic E-state index is 12.9. The molecule has 2 aromatic rings. The quantitative estimate of drug-likeness (QED) is 0.927. The Hall–Kier alpha value is -2.07. The molecule has 23 heavy (non-hydrogen) atoms. The standard InChI is InChI=1S/C19H25N3O/c1-13-6-4-5-7-18(13)22-14(2)12-17(15(22)3)19(23)21-10-8-16(20)9-11-21/h4-7,12,16H,8-11,20H2,1-3H3. The zero-order valence-electron chi connectivity index (χ0n) is 14.2. The summed E-state index contributed by atoms with van der Waals surface area (Å²) in [4.78, 5) is 14.8. The van der Waals surface area contributed by atoms with Crippen LogP contribution in [0.1, 0.15) is 40.2 Å². The number of nitrogens with two attached hydrogens (primary N) is 1. The van der Waals surface area contributed by atoms with Gasteiger partial charge in [0.05, 0.1) is 5.56 Å². The lowest BCUT2D eigenvalue weighted by molar-refractivity contribution is 0.0714. The van der Waals surface area contributed by atoms with E-state index < -0.39 is 0 Å². The lowest BCUT2D eigenvalue weighted by Crippen LogP contribution is -2.42. The predicted molar refractivity (Wildman–Crippen MR) is 93.1 cm³/mol. The van der Waals surface area contributed by atoms with Gasteiger partial charge in [-0.05, 0) is 51.3 Å². The van der Waals surface area contributed by atoms with Crippen LogP contribution >= 0.6 is 0 Å². The molecule has 1 aliphatic heterocycles. The van der Waals surface area contributed by atoms with Gasteiger partial charge < -0.3 is 15.2 Å². The highest BCUT2D eigenvalue weighted by Crippen LogP contribution is 2.25. The van der Waals surface area contributed by atoms with Crippen LogP contribution in [-0.4, -0.2) is 34.5 Å². The molecule has 2 N–H and O–H groups in total. The van der Waals surface area contributed by atoms with Gasteiger partial charge in [0.25, 0.3) is 5.91 Å². The van der Waals surface area contributed by atoms with Crippen molar-refractivity contribution in [2.75, 3.05) is 13.1 Å². The molecule has 0 bridgehead atoms. The number of amides is 1. The number of para-hydroxylation sites is 1. The van der Waals surface area contributed by atoms with Gasteiger partial charge in [0.1, 0.15) is 0 Å². The van der Waals surface area contributed by atoms with Crippen molar-refractivity contribution in [2.45, 2.75) is 39.7 Å². The van der Waals surface area contributed by atoms with Crippen molar-refractivity contribution >= 4 is 5.91 Å². The Balaban J connectivity index is 1.95. The molecule has 4 nitrogen and oxygen atoms in total. The van der Waals surface area contributed by atoms with Crippen LogP contribution in [0.2, 0.25) is 0 Å². The van der Waals surface area contributed by atoms with Crippen LogP contribution in [0.5, 0.6) is 0 Å². The molecule has 1 aliphatic rings. The third-order valence-corrected chi connectivity index (χ3v) is 4.84. The largest absolute Gasteiger partial charge is 0.338 e. The fourth-order valence-electron chi connectivity index (χ4n) is 3.44. The third kappa shape index (κ3) is 2.91. The van der Waals surface area contributed by atoms with E-state index in [2.05, 4.69) is 30.5 Å². The molecule has 1 amide bonds. The van der Waals surface area contributed by atoms with E-state index in [0.29, 0.717) is 0 Å². The molecule has 1 fully saturated rings. The Morgan fingerprint density at radius 2 is 1.78 bits per heavy atom. The van der Waals surface area contributed by atoms with Gasteiger partial charge in [-0.15, -0.1) is 0 Å². The summed E-state index contributed by atoms with van der Waals surface area (Å²) in [6.07, 6.45) is 1.78. The average Bonchev–Trinajstić information content (AvgIpc) is 2.83. The maximum atomic E-state index is 12.9. The van der Waals surface area contributed by atoms with Crippen LogP contribution in [0.25, 0.3) is 5.69 Å². The highest BCUT2D eigenvalue weighted by Gasteiger charge is 2.25. The number of hydrogen-bond donors (Lipinski definition) is 1. The molecule has 0 spiro atoms. The molecule has 122 valence electrons. The first-order valence-corrected chi connectivity index (χ1v) is 8.29. The summed E-state index contributed by atoms with van der Waals surface area (Å²) in [5.74, 6) is 0.129. The average molecular weight is 311 g/mol. The molecule has 0 atom stereocenters. The first-order chi connectivity index (χ1) is 11.0. The Morgan fingerprint density at radius 3 is 2.43 bits per heavy atom. The Morgan fingerprint density at radius 1 is 1.13 bits per heavy atom. The van der Waals surface area contributed by atoms with E-state index in [1.165, 1.54) is 5.56 Å². The summed E-state index contributed by atoms with van der Waals surface area (Å²) >= 11 is 0. The molecule has 1 aromatic heterocycles. The van der Waals surface area contributed by atoms with Crippen LogP contribution in [0.15, 0.2) is 30.3 Å². The lowest BCUT2D eigenvalue weighted by Gasteiger charge is -2.30. The fourth-order valence-corrected chi connectivity index (χ4v) is 3.44. The van der Waals surface area contributed by atoms with Gasteiger partial charge in [-0.2, -0.15) is 0 Å². The normalized spacial score (nSPS) is 15.9. The van der Waals surface area contributed by atoms with Gasteiger partial charge in [0.2, 0.25) is 0 Å². The molecule has 0 aliphatic carbocycles. The number of likely N-dealkylation sites (tertiary alicyclic amines) is 1. The Kier molecular flexibility index (Phi) is 4.26. The first-order valence-electron chi connectivity index (χ1n) is 8.29. The number of carbonyl (C=O) groups is 1. The molecule has 0 unspecified atom stereocenters. The van der Waals surface area contributed by atoms with Gasteiger partial charge in [0.15, 0.2) is 0 Å². The van der Waals surface area contributed by atoms with Crippen molar-refractivity contribution < 1.29 is 4.79 Å². The number of rotatable bonds is 2. The summed E-state index contributed by atoms with van der Waals surface area (Å²) in [6, 6.07) is 10.5. The van der Waals surface area contributed by atoms with E-state index in [1.807, 2.05) is 30.0 Å². The maximum Gasteiger partial charge on any atom is 0.255 e. The zero-order chi connectivity index (χ0) is 16.6. The molecule has 1 aromatic carbocycles. The van der Waals surface area contributed by atoms with Crippen molar-refractivity contribution in [3.8, 4) is 5.69 Å². The molecular weight excluding hydrogens is 286 g/mol. The van der Waals surface area contributed by atoms with Crippen LogP contribution in [0.4, 0.5) is 0 Å². The second-order valence-corrected chi connectivity index (χ2v) is 6.54. The second kappa shape index (κ2) is 6.20. The Bertz CT molecular complexity index is 724. The predicted octanol–water partition coefficient (Wildman–Crippen LogP) is 2.97. The summed E-state index contributed by atoms with van der Waals surface area (Å²) < 4.78 is 2.18. The molecule has 1 saturated heterocycles. The van der Waals surface area contributed by atoms with Crippen LogP contribution in [-0.2, 0) is 0 Å². The van der Waals surface area contributed by atoms with Crippen molar-refractivity contribution in [1.29, 1.82) is 0 Å². The van der Waals surface area contributed by atoms with Crippen LogP contribution in [0, 0.1) is 20.8 Å². The topological polar surface area (TPSA) is 51.3 Å². The summed E-state index contributed by atoms with van der Waals surface area (Å²) in [5, 5.41) is 0. The van der Waals surface area contributed by atoms with Gasteiger partial charge >= 0.3 is 0 Å². The molecule has 0 radical (unpaired) electrons. The lowest BCUT2D eigenvalue weighted by atomic mass is 10.1. The highest BCUT2D eigenvalue weighted by atomic mass is 16.2. The number of nitrogens with zero attached hydrogens (tertiary/aromatic N) is 2. The number of hydrogen-bond acceptors (Lipinski definition) is 2. The SMILES string of the molecule is Cc1ccccc1-n1c(C)cc(C(=O)N2CCC(N)CC2)c1C. The number of benzene rings is 1. The van der Waals surface area contributed by atoms with Gasteiger partial charge in [-0.3, -0.25) is 4.79 Å². The smallest absolute Gasteiger partial charge is 0.255 e. The zero-order valence-corrected chi connectivity index (χ0v) is 14.2. The van der Waals surface area contributed by atoms with Gasteiger partial charge in [0, 0.05) is 36.2 Å². The highest BCUT2D eigenvalue weighted by molar-refractivity contribution is 5.96.